The van der Waals surface area contributed by atoms with Gasteiger partial charge in [0, 0.05) is 45.5 Å². The van der Waals surface area contributed by atoms with Crippen molar-refractivity contribution in [2.24, 2.45) is 5.92 Å². The van der Waals surface area contributed by atoms with E-state index in [0.717, 1.165) is 32.3 Å². The summed E-state index contributed by atoms with van der Waals surface area (Å²) in [6.45, 7) is 5.60. The van der Waals surface area contributed by atoms with Crippen LogP contribution in [0.1, 0.15) is 40.9 Å². The van der Waals surface area contributed by atoms with Gasteiger partial charge in [-0.3, -0.25) is 18.8 Å². The van der Waals surface area contributed by atoms with Crippen LogP contribution in [0.5, 0.6) is 0 Å². The summed E-state index contributed by atoms with van der Waals surface area (Å²) in [6, 6.07) is 5.50. The highest BCUT2D eigenvalue weighted by atomic mass is 16.2. The Balaban J connectivity index is 1.62. The second-order valence-electron chi connectivity index (χ2n) is 7.65. The van der Waals surface area contributed by atoms with E-state index in [9.17, 15) is 14.4 Å². The normalized spacial score (nSPS) is 18.5. The number of piperazine rings is 1. The molecule has 2 saturated heterocycles. The molecule has 2 fully saturated rings. The fraction of sp³-hybridized carbons (Fsp3) is 0.500. The first-order chi connectivity index (χ1) is 13.6. The van der Waals surface area contributed by atoms with E-state index in [-0.39, 0.29) is 17.6 Å². The zero-order valence-electron chi connectivity index (χ0n) is 16.1. The van der Waals surface area contributed by atoms with Gasteiger partial charge in [0.2, 0.25) is 12.2 Å². The topological polar surface area (TPSA) is 78.2 Å². The first-order valence-electron chi connectivity index (χ1n) is 9.83. The lowest BCUT2D eigenvalue weighted by Crippen LogP contribution is -2.48. The van der Waals surface area contributed by atoms with E-state index in [1.165, 1.54) is 0 Å². The number of nitrogens with zero attached hydrogens (tertiary/aromatic N) is 5. The molecule has 28 heavy (non-hydrogen) atoms. The van der Waals surface area contributed by atoms with E-state index in [4.69, 9.17) is 0 Å². The lowest BCUT2D eigenvalue weighted by molar-refractivity contribution is -0.119. The summed E-state index contributed by atoms with van der Waals surface area (Å²) in [5.41, 5.74) is 0.992. The highest BCUT2D eigenvalue weighted by molar-refractivity contribution is 6.02. The number of carbonyl (C=O) groups excluding carboxylic acids is 3. The molecule has 0 bridgehead atoms. The second kappa shape index (κ2) is 7.61. The highest BCUT2D eigenvalue weighted by Crippen LogP contribution is 2.21. The zero-order valence-corrected chi connectivity index (χ0v) is 16.1. The molecule has 4 rings (SSSR count). The van der Waals surface area contributed by atoms with Crippen LogP contribution in [0.25, 0.3) is 5.52 Å². The lowest BCUT2D eigenvalue weighted by Gasteiger charge is -2.32. The lowest BCUT2D eigenvalue weighted by atomic mass is 9.99. The number of hydrogen-bond acceptors (Lipinski definition) is 4. The Hall–Kier alpha value is -2.90. The molecule has 0 radical (unpaired) electrons. The van der Waals surface area contributed by atoms with Crippen LogP contribution in [0.3, 0.4) is 0 Å². The minimum atomic E-state index is -0.210. The molecule has 2 aromatic heterocycles. The number of aromatic nitrogens is 2. The van der Waals surface area contributed by atoms with Gasteiger partial charge in [-0.15, -0.1) is 0 Å². The second-order valence-corrected chi connectivity index (χ2v) is 7.65. The standard InChI is InChI=1S/C20H25N5O3/c1-15-5-8-23(9-6-15)19(27)17-16-4-2-3-7-25(16)18(21-17)20(28)24-12-10-22(14-26)11-13-24/h2-4,7,14-15H,5-6,8-13H2,1H3. The molecule has 4 heterocycles. The van der Waals surface area contributed by atoms with Gasteiger partial charge in [0.15, 0.2) is 5.69 Å². The molecule has 0 atom stereocenters. The molecular weight excluding hydrogens is 358 g/mol. The summed E-state index contributed by atoms with van der Waals surface area (Å²) < 4.78 is 1.70. The number of hydrogen-bond donors (Lipinski definition) is 0. The molecule has 8 nitrogen and oxygen atoms in total. The van der Waals surface area contributed by atoms with Gasteiger partial charge >= 0.3 is 0 Å². The maximum Gasteiger partial charge on any atom is 0.290 e. The number of pyridine rings is 1. The van der Waals surface area contributed by atoms with Crippen LogP contribution >= 0.6 is 0 Å². The molecule has 0 N–H and O–H groups in total. The number of rotatable bonds is 3. The number of piperidine rings is 1. The van der Waals surface area contributed by atoms with Gasteiger partial charge in [0.1, 0.15) is 0 Å². The first kappa shape index (κ1) is 18.5. The molecule has 0 aromatic carbocycles. The number of carbonyl (C=O) groups is 3. The number of imidazole rings is 1. The summed E-state index contributed by atoms with van der Waals surface area (Å²) in [5, 5.41) is 0. The van der Waals surface area contributed by atoms with Crippen LogP contribution < -0.4 is 0 Å². The van der Waals surface area contributed by atoms with E-state index in [1.807, 2.05) is 23.1 Å². The maximum atomic E-state index is 13.1. The van der Waals surface area contributed by atoms with Crippen molar-refractivity contribution in [2.75, 3.05) is 39.3 Å². The highest BCUT2D eigenvalue weighted by Gasteiger charge is 2.30. The Morgan fingerprint density at radius 2 is 1.68 bits per heavy atom. The predicted octanol–water partition coefficient (Wildman–Crippen LogP) is 1.12. The molecular formula is C20H25N5O3. The smallest absolute Gasteiger partial charge is 0.290 e. The van der Waals surface area contributed by atoms with Gasteiger partial charge in [0.25, 0.3) is 11.8 Å². The number of fused-ring (bicyclic) bond motifs is 1. The van der Waals surface area contributed by atoms with Crippen LogP contribution in [-0.4, -0.2) is 81.6 Å². The Morgan fingerprint density at radius 3 is 2.36 bits per heavy atom. The van der Waals surface area contributed by atoms with Gasteiger partial charge in [-0.2, -0.15) is 0 Å². The van der Waals surface area contributed by atoms with E-state index in [2.05, 4.69) is 11.9 Å². The third-order valence-corrected chi connectivity index (χ3v) is 5.76. The molecule has 0 unspecified atom stereocenters. The quantitative estimate of drug-likeness (QED) is 0.744. The SMILES string of the molecule is CC1CCN(C(=O)c2nc(C(=O)N3CCN(C=O)CC3)n3ccccc23)CC1. The number of amides is 3. The Morgan fingerprint density at radius 1 is 1.00 bits per heavy atom. The van der Waals surface area contributed by atoms with Crippen molar-refractivity contribution >= 4 is 23.7 Å². The van der Waals surface area contributed by atoms with Crippen molar-refractivity contribution in [3.8, 4) is 0 Å². The van der Waals surface area contributed by atoms with E-state index in [1.54, 1.807) is 20.4 Å². The van der Waals surface area contributed by atoms with Crippen molar-refractivity contribution in [3.05, 3.63) is 35.9 Å². The number of likely N-dealkylation sites (tertiary alicyclic amines) is 1. The summed E-state index contributed by atoms with van der Waals surface area (Å²) in [4.78, 5) is 46.7. The Labute approximate surface area is 163 Å². The van der Waals surface area contributed by atoms with Crippen LogP contribution in [0, 0.1) is 5.92 Å². The van der Waals surface area contributed by atoms with Crippen molar-refractivity contribution < 1.29 is 14.4 Å². The summed E-state index contributed by atoms with van der Waals surface area (Å²) >= 11 is 0. The largest absolute Gasteiger partial charge is 0.342 e. The summed E-state index contributed by atoms with van der Waals surface area (Å²) in [5.74, 6) is 0.562. The van der Waals surface area contributed by atoms with Gasteiger partial charge in [-0.1, -0.05) is 13.0 Å². The van der Waals surface area contributed by atoms with Crippen molar-refractivity contribution in [2.45, 2.75) is 19.8 Å². The zero-order chi connectivity index (χ0) is 19.7. The third kappa shape index (κ3) is 3.34. The van der Waals surface area contributed by atoms with Crippen LogP contribution in [0.15, 0.2) is 24.4 Å². The van der Waals surface area contributed by atoms with Gasteiger partial charge in [-0.05, 0) is 30.9 Å². The fourth-order valence-electron chi connectivity index (χ4n) is 3.88. The van der Waals surface area contributed by atoms with Crippen LogP contribution in [0.4, 0.5) is 0 Å². The molecule has 3 amide bonds. The van der Waals surface area contributed by atoms with E-state index < -0.39 is 0 Å². The monoisotopic (exact) mass is 383 g/mol. The third-order valence-electron chi connectivity index (χ3n) is 5.76. The average molecular weight is 383 g/mol. The Bertz CT molecular complexity index is 892. The average Bonchev–Trinajstić information content (AvgIpc) is 3.13. The van der Waals surface area contributed by atoms with E-state index >= 15 is 0 Å². The van der Waals surface area contributed by atoms with E-state index in [0.29, 0.717) is 43.3 Å². The van der Waals surface area contributed by atoms with Gasteiger partial charge in [-0.25, -0.2) is 4.98 Å². The fourth-order valence-corrected chi connectivity index (χ4v) is 3.88. The molecule has 8 heteroatoms. The minimum Gasteiger partial charge on any atom is -0.342 e. The molecule has 2 aliphatic rings. The van der Waals surface area contributed by atoms with Crippen molar-refractivity contribution in [1.82, 2.24) is 24.1 Å². The summed E-state index contributed by atoms with van der Waals surface area (Å²) in [7, 11) is 0. The first-order valence-corrected chi connectivity index (χ1v) is 9.83. The predicted molar refractivity (Wildman–Crippen MR) is 103 cm³/mol. The van der Waals surface area contributed by atoms with Crippen LogP contribution in [0.2, 0.25) is 0 Å². The molecule has 2 aromatic rings. The minimum absolute atomic E-state index is 0.111. The Kier molecular flexibility index (Phi) is 5.02. The maximum absolute atomic E-state index is 13.1. The molecule has 0 spiro atoms. The summed E-state index contributed by atoms with van der Waals surface area (Å²) in [6.07, 6.45) is 4.56. The van der Waals surface area contributed by atoms with Gasteiger partial charge < -0.3 is 14.7 Å². The van der Waals surface area contributed by atoms with Gasteiger partial charge in [0.05, 0.1) is 5.52 Å². The molecule has 148 valence electrons. The van der Waals surface area contributed by atoms with Crippen molar-refractivity contribution in [3.63, 3.8) is 0 Å². The molecule has 0 aliphatic carbocycles. The molecule has 2 aliphatic heterocycles. The molecule has 0 saturated carbocycles. The van der Waals surface area contributed by atoms with Crippen LogP contribution in [-0.2, 0) is 4.79 Å². The van der Waals surface area contributed by atoms with Crippen molar-refractivity contribution in [1.29, 1.82) is 0 Å².